The predicted octanol–water partition coefficient (Wildman–Crippen LogP) is 0.957. The van der Waals surface area contributed by atoms with Gasteiger partial charge in [-0.1, -0.05) is 6.92 Å². The van der Waals surface area contributed by atoms with Crippen LogP contribution in [0.5, 0.6) is 0 Å². The molecular formula is C8H10N2O2S. The van der Waals surface area contributed by atoms with Crippen molar-refractivity contribution in [3.63, 3.8) is 0 Å². The van der Waals surface area contributed by atoms with Gasteiger partial charge in [-0.3, -0.25) is 0 Å². The lowest BCUT2D eigenvalue weighted by molar-refractivity contribution is -0.630. The number of pyridine rings is 1. The standard InChI is InChI=1S/C8H10N2O2S/c1-2-7(11)9-6-4-3-5-8(13)10(6)12/h3-5,13H,2H2,1H3,(H,9,11). The smallest absolute Gasteiger partial charge is 0.307 e. The van der Waals surface area contributed by atoms with Gasteiger partial charge in [0.25, 0.3) is 5.82 Å². The highest BCUT2D eigenvalue weighted by atomic mass is 32.1. The summed E-state index contributed by atoms with van der Waals surface area (Å²) in [6.45, 7) is 1.72. The number of amides is 1. The quantitative estimate of drug-likeness (QED) is 0.422. The van der Waals surface area contributed by atoms with Crippen LogP contribution in [-0.4, -0.2) is 5.91 Å². The first-order chi connectivity index (χ1) is 6.15. The monoisotopic (exact) mass is 198 g/mol. The van der Waals surface area contributed by atoms with Gasteiger partial charge in [0.15, 0.2) is 5.03 Å². The normalized spacial score (nSPS) is 9.69. The Morgan fingerprint density at radius 2 is 2.38 bits per heavy atom. The Morgan fingerprint density at radius 3 is 3.00 bits per heavy atom. The van der Waals surface area contributed by atoms with E-state index in [9.17, 15) is 10.0 Å². The third-order valence-electron chi connectivity index (χ3n) is 1.51. The SMILES string of the molecule is CCC(=O)Nc1cccc(S)[n+]1[O-]. The van der Waals surface area contributed by atoms with E-state index in [1.54, 1.807) is 19.1 Å². The number of hydrogen-bond acceptors (Lipinski definition) is 3. The molecule has 0 spiro atoms. The van der Waals surface area contributed by atoms with Crippen molar-refractivity contribution in [3.8, 4) is 0 Å². The van der Waals surface area contributed by atoms with Gasteiger partial charge in [0.05, 0.1) is 0 Å². The van der Waals surface area contributed by atoms with Crippen molar-refractivity contribution in [2.45, 2.75) is 18.4 Å². The highest BCUT2D eigenvalue weighted by Gasteiger charge is 2.09. The highest BCUT2D eigenvalue weighted by Crippen LogP contribution is 2.04. The first-order valence-electron chi connectivity index (χ1n) is 3.86. The number of carbonyl (C=O) groups excluding carboxylic acids is 1. The van der Waals surface area contributed by atoms with Crippen LogP contribution in [0.25, 0.3) is 0 Å². The van der Waals surface area contributed by atoms with Gasteiger partial charge in [-0.25, -0.2) is 14.8 Å². The lowest BCUT2D eigenvalue weighted by Crippen LogP contribution is -2.34. The zero-order valence-electron chi connectivity index (χ0n) is 7.15. The Hall–Kier alpha value is -1.23. The van der Waals surface area contributed by atoms with Crippen molar-refractivity contribution in [2.24, 2.45) is 0 Å². The molecule has 0 bridgehead atoms. The molecule has 1 aromatic rings. The summed E-state index contributed by atoms with van der Waals surface area (Å²) in [5.41, 5.74) is 0. The fourth-order valence-corrected chi connectivity index (χ4v) is 1.00. The molecule has 0 atom stereocenters. The maximum Gasteiger partial charge on any atom is 0.307 e. The average molecular weight is 198 g/mol. The molecular weight excluding hydrogens is 188 g/mol. The van der Waals surface area contributed by atoms with E-state index in [0.717, 1.165) is 0 Å². The van der Waals surface area contributed by atoms with E-state index in [1.165, 1.54) is 6.07 Å². The first-order valence-corrected chi connectivity index (χ1v) is 4.31. The van der Waals surface area contributed by atoms with E-state index < -0.39 is 0 Å². The summed E-state index contributed by atoms with van der Waals surface area (Å²) in [5, 5.41) is 14.0. The average Bonchev–Trinajstić information content (AvgIpc) is 2.13. The molecule has 0 aromatic carbocycles. The molecule has 4 nitrogen and oxygen atoms in total. The number of nitrogens with zero attached hydrogens (tertiary/aromatic N) is 1. The third kappa shape index (κ3) is 2.35. The number of rotatable bonds is 2. The number of aromatic nitrogens is 1. The largest absolute Gasteiger partial charge is 0.710 e. The zero-order chi connectivity index (χ0) is 9.84. The Morgan fingerprint density at radius 1 is 1.69 bits per heavy atom. The van der Waals surface area contributed by atoms with Crippen LogP contribution in [0, 0.1) is 5.21 Å². The minimum atomic E-state index is -0.191. The Labute approximate surface area is 81.6 Å². The van der Waals surface area contributed by atoms with Crippen LogP contribution >= 0.6 is 12.6 Å². The van der Waals surface area contributed by atoms with Crippen molar-refractivity contribution in [1.29, 1.82) is 0 Å². The van der Waals surface area contributed by atoms with Gasteiger partial charge in [0.2, 0.25) is 0 Å². The second-order valence-corrected chi connectivity index (χ2v) is 2.92. The van der Waals surface area contributed by atoms with Crippen LogP contribution in [0.2, 0.25) is 0 Å². The van der Waals surface area contributed by atoms with Gasteiger partial charge in [-0.15, -0.1) is 12.6 Å². The fourth-order valence-electron chi connectivity index (χ4n) is 0.808. The van der Waals surface area contributed by atoms with Crippen LogP contribution in [0.4, 0.5) is 5.82 Å². The number of anilines is 1. The Balaban J connectivity index is 2.89. The van der Waals surface area contributed by atoms with Crippen LogP contribution in [0.15, 0.2) is 23.2 Å². The van der Waals surface area contributed by atoms with Crippen molar-refractivity contribution in [1.82, 2.24) is 0 Å². The second kappa shape index (κ2) is 4.13. The van der Waals surface area contributed by atoms with Gasteiger partial charge in [0, 0.05) is 12.5 Å². The van der Waals surface area contributed by atoms with Gasteiger partial charge >= 0.3 is 5.91 Å². The Bertz CT molecular complexity index is 328. The van der Waals surface area contributed by atoms with Gasteiger partial charge in [-0.05, 0) is 12.1 Å². The van der Waals surface area contributed by atoms with Crippen molar-refractivity contribution < 1.29 is 9.52 Å². The third-order valence-corrected chi connectivity index (χ3v) is 1.85. The molecule has 0 saturated carbocycles. The van der Waals surface area contributed by atoms with Crippen LogP contribution < -0.4 is 10.0 Å². The molecule has 0 saturated heterocycles. The second-order valence-electron chi connectivity index (χ2n) is 2.47. The fraction of sp³-hybridized carbons (Fsp3) is 0.250. The molecule has 70 valence electrons. The summed E-state index contributed by atoms with van der Waals surface area (Å²) in [7, 11) is 0. The highest BCUT2D eigenvalue weighted by molar-refractivity contribution is 7.80. The summed E-state index contributed by atoms with van der Waals surface area (Å²) in [6, 6.07) is 4.74. The van der Waals surface area contributed by atoms with E-state index in [2.05, 4.69) is 17.9 Å². The van der Waals surface area contributed by atoms with Gasteiger partial charge in [0.1, 0.15) is 0 Å². The van der Waals surface area contributed by atoms with E-state index in [4.69, 9.17) is 0 Å². The lowest BCUT2D eigenvalue weighted by Gasteiger charge is -2.08. The van der Waals surface area contributed by atoms with Crippen molar-refractivity contribution in [2.75, 3.05) is 5.32 Å². The molecule has 1 aromatic heterocycles. The van der Waals surface area contributed by atoms with E-state index in [-0.39, 0.29) is 16.8 Å². The molecule has 1 amide bonds. The predicted molar refractivity (Wildman–Crippen MR) is 51.6 cm³/mol. The number of thiol groups is 1. The number of nitrogens with one attached hydrogen (secondary N) is 1. The van der Waals surface area contributed by atoms with Crippen molar-refractivity contribution >= 4 is 24.4 Å². The van der Waals surface area contributed by atoms with E-state index in [0.29, 0.717) is 11.2 Å². The lowest BCUT2D eigenvalue weighted by atomic mass is 10.4. The maximum absolute atomic E-state index is 11.2. The zero-order valence-corrected chi connectivity index (χ0v) is 8.04. The van der Waals surface area contributed by atoms with Gasteiger partial charge in [-0.2, -0.15) is 0 Å². The number of hydrogen-bond donors (Lipinski definition) is 2. The summed E-state index contributed by atoms with van der Waals surface area (Å²) in [6.07, 6.45) is 0.344. The molecule has 0 aliphatic rings. The van der Waals surface area contributed by atoms with Crippen LogP contribution in [0.3, 0.4) is 0 Å². The van der Waals surface area contributed by atoms with E-state index >= 15 is 0 Å². The molecule has 1 rings (SSSR count). The molecule has 1 N–H and O–H groups in total. The van der Waals surface area contributed by atoms with Crippen LogP contribution in [0.1, 0.15) is 13.3 Å². The maximum atomic E-state index is 11.2. The summed E-state index contributed by atoms with van der Waals surface area (Å²) >= 11 is 3.92. The topological polar surface area (TPSA) is 56.0 Å². The molecule has 1 heterocycles. The summed E-state index contributed by atoms with van der Waals surface area (Å²) in [4.78, 5) is 11.0. The van der Waals surface area contributed by atoms with Gasteiger partial charge < -0.3 is 5.21 Å². The molecule has 5 heteroatoms. The minimum absolute atomic E-state index is 0.191. The first kappa shape index (κ1) is 9.85. The summed E-state index contributed by atoms with van der Waals surface area (Å²) in [5.74, 6) is 0.0166. The minimum Gasteiger partial charge on any atom is -0.710 e. The molecule has 0 unspecified atom stereocenters. The van der Waals surface area contributed by atoms with Crippen molar-refractivity contribution in [3.05, 3.63) is 23.4 Å². The molecule has 13 heavy (non-hydrogen) atoms. The molecule has 0 fully saturated rings. The molecule has 0 aliphatic heterocycles. The van der Waals surface area contributed by atoms with E-state index in [1.807, 2.05) is 0 Å². The Kier molecular flexibility index (Phi) is 3.13. The van der Waals surface area contributed by atoms with Crippen LogP contribution in [-0.2, 0) is 4.79 Å². The summed E-state index contributed by atoms with van der Waals surface area (Å²) < 4.78 is 0.566. The number of carbonyl (C=O) groups is 1. The molecule has 0 aliphatic carbocycles. The molecule has 0 radical (unpaired) electrons.